The lowest BCUT2D eigenvalue weighted by atomic mass is 9.88. The van der Waals surface area contributed by atoms with Crippen molar-refractivity contribution in [2.75, 3.05) is 31.1 Å². The van der Waals surface area contributed by atoms with Crippen LogP contribution in [0.3, 0.4) is 0 Å². The molecule has 4 rings (SSSR count). The molecule has 0 unspecified atom stereocenters. The molecule has 6 heteroatoms. The van der Waals surface area contributed by atoms with Crippen molar-refractivity contribution in [2.24, 2.45) is 5.92 Å². The molecule has 0 radical (unpaired) electrons. The largest absolute Gasteiger partial charge is 0.343 e. The third-order valence-electron chi connectivity index (χ3n) is 6.20. The number of piperazine rings is 1. The van der Waals surface area contributed by atoms with Crippen LogP contribution in [0, 0.1) is 5.92 Å². The molecule has 138 valence electrons. The fourth-order valence-corrected chi connectivity index (χ4v) is 5.66. The quantitative estimate of drug-likeness (QED) is 0.820. The predicted octanol–water partition coefficient (Wildman–Crippen LogP) is 3.81. The summed E-state index contributed by atoms with van der Waals surface area (Å²) in [5.41, 5.74) is 0. The molecule has 3 aliphatic rings. The zero-order chi connectivity index (χ0) is 17.1. The van der Waals surface area contributed by atoms with Gasteiger partial charge in [-0.15, -0.1) is 10.2 Å². The maximum Gasteiger partial charge on any atom is 0.225 e. The van der Waals surface area contributed by atoms with Crippen LogP contribution in [0.15, 0.2) is 0 Å². The molecule has 0 atom stereocenters. The molecule has 0 bridgehead atoms. The molecule has 0 N–H and O–H groups in total. The van der Waals surface area contributed by atoms with Gasteiger partial charge in [0.05, 0.1) is 0 Å². The van der Waals surface area contributed by atoms with Crippen LogP contribution < -0.4 is 4.90 Å². The van der Waals surface area contributed by atoms with Crippen molar-refractivity contribution in [3.8, 4) is 0 Å². The standard InChI is InChI=1S/C19H30N4OS/c24-18(16-9-5-2-6-10-16)22-11-13-23(14-12-22)19-21-20-17(25-19)15-7-3-1-4-8-15/h15-16H,1-14H2. The van der Waals surface area contributed by atoms with Gasteiger partial charge in [-0.2, -0.15) is 0 Å². The molecule has 1 aromatic heterocycles. The number of carbonyl (C=O) groups excluding carboxylic acids is 1. The van der Waals surface area contributed by atoms with Crippen LogP contribution in [0.1, 0.15) is 75.1 Å². The Bertz CT molecular complexity index is 570. The Labute approximate surface area is 154 Å². The van der Waals surface area contributed by atoms with Gasteiger partial charge >= 0.3 is 0 Å². The van der Waals surface area contributed by atoms with Crippen LogP contribution in [0.5, 0.6) is 0 Å². The van der Waals surface area contributed by atoms with E-state index in [4.69, 9.17) is 0 Å². The molecule has 2 saturated carbocycles. The van der Waals surface area contributed by atoms with Gasteiger partial charge in [0, 0.05) is 38.0 Å². The summed E-state index contributed by atoms with van der Waals surface area (Å²) < 4.78 is 0. The van der Waals surface area contributed by atoms with Gasteiger partial charge in [0.15, 0.2) is 0 Å². The first-order chi connectivity index (χ1) is 12.3. The number of aromatic nitrogens is 2. The van der Waals surface area contributed by atoms with E-state index in [1.165, 1.54) is 56.4 Å². The highest BCUT2D eigenvalue weighted by Crippen LogP contribution is 2.36. The Morgan fingerprint density at radius 1 is 0.840 bits per heavy atom. The molecule has 2 heterocycles. The average molecular weight is 363 g/mol. The Hall–Kier alpha value is -1.17. The Morgan fingerprint density at radius 3 is 2.16 bits per heavy atom. The molecule has 2 aliphatic carbocycles. The summed E-state index contributed by atoms with van der Waals surface area (Å²) in [5, 5.41) is 11.2. The summed E-state index contributed by atoms with van der Waals surface area (Å²) in [6.45, 7) is 3.48. The highest BCUT2D eigenvalue weighted by atomic mass is 32.1. The molecule has 0 aromatic carbocycles. The van der Waals surface area contributed by atoms with Crippen molar-refractivity contribution in [1.82, 2.24) is 15.1 Å². The number of hydrogen-bond donors (Lipinski definition) is 0. The fraction of sp³-hybridized carbons (Fsp3) is 0.842. The van der Waals surface area contributed by atoms with E-state index in [0.717, 1.165) is 44.2 Å². The van der Waals surface area contributed by atoms with Crippen LogP contribution in [0.25, 0.3) is 0 Å². The van der Waals surface area contributed by atoms with Crippen molar-refractivity contribution < 1.29 is 4.79 Å². The molecular weight excluding hydrogens is 332 g/mol. The minimum atomic E-state index is 0.291. The van der Waals surface area contributed by atoms with Gasteiger partial charge < -0.3 is 9.80 Å². The summed E-state index contributed by atoms with van der Waals surface area (Å²) in [6, 6.07) is 0. The van der Waals surface area contributed by atoms with Crippen molar-refractivity contribution in [3.05, 3.63) is 5.01 Å². The minimum Gasteiger partial charge on any atom is -0.343 e. The van der Waals surface area contributed by atoms with Crippen molar-refractivity contribution in [1.29, 1.82) is 0 Å². The summed E-state index contributed by atoms with van der Waals surface area (Å²) in [7, 11) is 0. The lowest BCUT2D eigenvalue weighted by Gasteiger charge is -2.36. The number of amides is 1. The third-order valence-corrected chi connectivity index (χ3v) is 7.35. The summed E-state index contributed by atoms with van der Waals surface area (Å²) in [5.74, 6) is 1.33. The predicted molar refractivity (Wildman–Crippen MR) is 101 cm³/mol. The molecule has 1 saturated heterocycles. The third kappa shape index (κ3) is 3.99. The normalized spacial score (nSPS) is 23.8. The second-order valence-corrected chi connectivity index (χ2v) is 8.89. The first-order valence-corrected chi connectivity index (χ1v) is 11.0. The number of anilines is 1. The SMILES string of the molecule is O=C(C1CCCCC1)N1CCN(c2nnc(C3CCCCC3)s2)CC1. The topological polar surface area (TPSA) is 49.3 Å². The highest BCUT2D eigenvalue weighted by Gasteiger charge is 2.29. The summed E-state index contributed by atoms with van der Waals surface area (Å²) in [6.07, 6.45) is 12.5. The van der Waals surface area contributed by atoms with Gasteiger partial charge in [0.2, 0.25) is 11.0 Å². The summed E-state index contributed by atoms with van der Waals surface area (Å²) >= 11 is 1.78. The van der Waals surface area contributed by atoms with Gasteiger partial charge in [-0.1, -0.05) is 49.9 Å². The van der Waals surface area contributed by atoms with Gasteiger partial charge in [0.1, 0.15) is 5.01 Å². The van der Waals surface area contributed by atoms with Crippen LogP contribution in [0.4, 0.5) is 5.13 Å². The monoisotopic (exact) mass is 362 g/mol. The molecule has 25 heavy (non-hydrogen) atoms. The number of carbonyl (C=O) groups is 1. The van der Waals surface area contributed by atoms with E-state index >= 15 is 0 Å². The van der Waals surface area contributed by atoms with Crippen molar-refractivity contribution in [2.45, 2.75) is 70.1 Å². The maximum absolute atomic E-state index is 12.7. The van der Waals surface area contributed by atoms with E-state index in [-0.39, 0.29) is 0 Å². The molecule has 1 amide bonds. The zero-order valence-corrected chi connectivity index (χ0v) is 16.0. The van der Waals surface area contributed by atoms with Crippen LogP contribution in [-0.2, 0) is 4.79 Å². The van der Waals surface area contributed by atoms with E-state index in [9.17, 15) is 4.79 Å². The lowest BCUT2D eigenvalue weighted by Crippen LogP contribution is -2.50. The van der Waals surface area contributed by atoms with Gasteiger partial charge in [-0.05, 0) is 25.7 Å². The molecule has 1 aromatic rings. The van der Waals surface area contributed by atoms with E-state index in [0.29, 0.717) is 17.7 Å². The number of rotatable bonds is 3. The Kier molecular flexibility index (Phi) is 5.54. The molecule has 1 aliphatic heterocycles. The fourth-order valence-electron chi connectivity index (χ4n) is 4.59. The molecule has 5 nitrogen and oxygen atoms in total. The summed E-state index contributed by atoms with van der Waals surface area (Å²) in [4.78, 5) is 17.1. The molecule has 0 spiro atoms. The smallest absolute Gasteiger partial charge is 0.225 e. The zero-order valence-electron chi connectivity index (χ0n) is 15.2. The van der Waals surface area contributed by atoms with E-state index in [1.54, 1.807) is 11.3 Å². The van der Waals surface area contributed by atoms with Crippen LogP contribution >= 0.6 is 11.3 Å². The first-order valence-electron chi connectivity index (χ1n) is 10.2. The minimum absolute atomic E-state index is 0.291. The Morgan fingerprint density at radius 2 is 1.48 bits per heavy atom. The molecule has 3 fully saturated rings. The number of nitrogens with zero attached hydrogens (tertiary/aromatic N) is 4. The van der Waals surface area contributed by atoms with Gasteiger partial charge in [-0.25, -0.2) is 0 Å². The second-order valence-electron chi connectivity index (χ2n) is 7.91. The lowest BCUT2D eigenvalue weighted by molar-refractivity contribution is -0.136. The second kappa shape index (κ2) is 8.02. The van der Waals surface area contributed by atoms with E-state index in [2.05, 4.69) is 20.0 Å². The van der Waals surface area contributed by atoms with Crippen molar-refractivity contribution >= 4 is 22.4 Å². The van der Waals surface area contributed by atoms with Crippen molar-refractivity contribution in [3.63, 3.8) is 0 Å². The maximum atomic E-state index is 12.7. The highest BCUT2D eigenvalue weighted by molar-refractivity contribution is 7.15. The molecular formula is C19H30N4OS. The van der Waals surface area contributed by atoms with Crippen LogP contribution in [-0.4, -0.2) is 47.2 Å². The first kappa shape index (κ1) is 17.3. The van der Waals surface area contributed by atoms with Gasteiger partial charge in [-0.3, -0.25) is 4.79 Å². The van der Waals surface area contributed by atoms with E-state index < -0.39 is 0 Å². The van der Waals surface area contributed by atoms with Gasteiger partial charge in [0.25, 0.3) is 0 Å². The van der Waals surface area contributed by atoms with Crippen LogP contribution in [0.2, 0.25) is 0 Å². The number of hydrogen-bond acceptors (Lipinski definition) is 5. The Balaban J connectivity index is 1.31. The van der Waals surface area contributed by atoms with E-state index in [1.807, 2.05) is 0 Å². The average Bonchev–Trinajstić information content (AvgIpc) is 3.19.